The highest BCUT2D eigenvalue weighted by Crippen LogP contribution is 2.22. The number of fused-ring (bicyclic) bond motifs is 1. The van der Waals surface area contributed by atoms with Gasteiger partial charge in [-0.05, 0) is 18.6 Å². The Bertz CT molecular complexity index is 434. The lowest BCUT2D eigenvalue weighted by atomic mass is 10.1. The summed E-state index contributed by atoms with van der Waals surface area (Å²) in [7, 11) is 0. The van der Waals surface area contributed by atoms with E-state index in [4.69, 9.17) is 10.2 Å². The van der Waals surface area contributed by atoms with Gasteiger partial charge in [-0.25, -0.2) is 4.98 Å². The van der Waals surface area contributed by atoms with Crippen molar-refractivity contribution < 1.29 is 9.52 Å². The molecule has 1 unspecified atom stereocenters. The van der Waals surface area contributed by atoms with E-state index in [9.17, 15) is 5.11 Å². The van der Waals surface area contributed by atoms with Gasteiger partial charge in [0.1, 0.15) is 11.6 Å². The molecule has 1 aromatic heterocycles. The molecule has 0 aliphatic rings. The lowest BCUT2D eigenvalue weighted by Gasteiger charge is -2.14. The van der Waals surface area contributed by atoms with Crippen LogP contribution in [-0.4, -0.2) is 16.1 Å². The first-order chi connectivity index (χ1) is 7.72. The zero-order chi connectivity index (χ0) is 11.5. The molecule has 0 saturated heterocycles. The average molecular weight is 220 g/mol. The number of para-hydroxylation sites is 2. The second-order valence-electron chi connectivity index (χ2n) is 3.92. The van der Waals surface area contributed by atoms with Crippen molar-refractivity contribution in [2.24, 2.45) is 5.73 Å². The third-order valence-electron chi connectivity index (χ3n) is 2.59. The summed E-state index contributed by atoms with van der Waals surface area (Å²) in [5, 5.41) is 9.94. The Kier molecular flexibility index (Phi) is 3.22. The molecule has 3 N–H and O–H groups in total. The lowest BCUT2D eigenvalue weighted by Crippen LogP contribution is -2.28. The molecule has 4 heteroatoms. The van der Waals surface area contributed by atoms with Crippen LogP contribution < -0.4 is 5.73 Å². The van der Waals surface area contributed by atoms with Crippen molar-refractivity contribution in [2.45, 2.75) is 31.9 Å². The van der Waals surface area contributed by atoms with Crippen LogP contribution in [0.25, 0.3) is 11.1 Å². The molecule has 16 heavy (non-hydrogen) atoms. The van der Waals surface area contributed by atoms with Gasteiger partial charge in [0.2, 0.25) is 5.89 Å². The number of aromatic nitrogens is 1. The van der Waals surface area contributed by atoms with E-state index < -0.39 is 6.10 Å². The zero-order valence-electron chi connectivity index (χ0n) is 9.26. The first-order valence-electron chi connectivity index (χ1n) is 5.51. The normalized spacial score (nSPS) is 15.2. The standard InChI is InChI=1S/C12H16N2O2/c1-2-5-8(13)11(15)12-14-9-6-3-4-7-10(9)16-12/h3-4,6-8,11,15H,2,5,13H2,1H3/t8-,11?/m0/s1. The third-order valence-corrected chi connectivity index (χ3v) is 2.59. The predicted octanol–water partition coefficient (Wildman–Crippen LogP) is 1.99. The van der Waals surface area contributed by atoms with E-state index in [1.54, 1.807) is 0 Å². The Morgan fingerprint density at radius 1 is 1.44 bits per heavy atom. The maximum absolute atomic E-state index is 9.94. The highest BCUT2D eigenvalue weighted by molar-refractivity contribution is 5.72. The van der Waals surface area contributed by atoms with Crippen LogP contribution in [0.2, 0.25) is 0 Å². The number of nitrogens with two attached hydrogens (primary N) is 1. The van der Waals surface area contributed by atoms with Crippen LogP contribution in [0, 0.1) is 0 Å². The molecule has 1 aromatic carbocycles. The molecule has 0 fully saturated rings. The summed E-state index contributed by atoms with van der Waals surface area (Å²) in [4.78, 5) is 4.22. The Morgan fingerprint density at radius 2 is 2.19 bits per heavy atom. The molecule has 0 bridgehead atoms. The minimum atomic E-state index is -0.827. The van der Waals surface area contributed by atoms with Gasteiger partial charge in [0.25, 0.3) is 0 Å². The second-order valence-corrected chi connectivity index (χ2v) is 3.92. The van der Waals surface area contributed by atoms with E-state index in [1.165, 1.54) is 0 Å². The van der Waals surface area contributed by atoms with Gasteiger partial charge in [-0.2, -0.15) is 0 Å². The molecule has 2 rings (SSSR count). The number of hydrogen-bond acceptors (Lipinski definition) is 4. The largest absolute Gasteiger partial charge is 0.438 e. The molecule has 2 atom stereocenters. The predicted molar refractivity (Wildman–Crippen MR) is 61.9 cm³/mol. The fourth-order valence-electron chi connectivity index (χ4n) is 1.69. The summed E-state index contributed by atoms with van der Waals surface area (Å²) < 4.78 is 5.46. The van der Waals surface area contributed by atoms with Crippen molar-refractivity contribution in [1.29, 1.82) is 0 Å². The molecular formula is C12H16N2O2. The summed E-state index contributed by atoms with van der Waals surface area (Å²) in [6.07, 6.45) is 0.852. The average Bonchev–Trinajstić information content (AvgIpc) is 2.71. The van der Waals surface area contributed by atoms with Gasteiger partial charge < -0.3 is 15.3 Å². The molecule has 0 spiro atoms. The first kappa shape index (κ1) is 11.1. The fraction of sp³-hybridized carbons (Fsp3) is 0.417. The maximum Gasteiger partial charge on any atom is 0.225 e. The maximum atomic E-state index is 9.94. The molecule has 1 heterocycles. The summed E-state index contributed by atoms with van der Waals surface area (Å²) in [6.45, 7) is 2.03. The topological polar surface area (TPSA) is 72.3 Å². The Balaban J connectivity index is 2.26. The zero-order valence-corrected chi connectivity index (χ0v) is 9.26. The smallest absolute Gasteiger partial charge is 0.225 e. The van der Waals surface area contributed by atoms with E-state index in [0.717, 1.165) is 18.4 Å². The molecule has 0 amide bonds. The Morgan fingerprint density at radius 3 is 2.88 bits per heavy atom. The number of aliphatic hydroxyl groups excluding tert-OH is 1. The van der Waals surface area contributed by atoms with E-state index >= 15 is 0 Å². The van der Waals surface area contributed by atoms with Crippen LogP contribution in [0.15, 0.2) is 28.7 Å². The number of hydrogen-bond donors (Lipinski definition) is 2. The second kappa shape index (κ2) is 4.63. The molecule has 86 valence electrons. The monoisotopic (exact) mass is 220 g/mol. The van der Waals surface area contributed by atoms with Crippen molar-refractivity contribution in [2.75, 3.05) is 0 Å². The van der Waals surface area contributed by atoms with Gasteiger partial charge in [-0.1, -0.05) is 25.5 Å². The number of oxazole rings is 1. The number of nitrogens with zero attached hydrogens (tertiary/aromatic N) is 1. The molecule has 4 nitrogen and oxygen atoms in total. The van der Waals surface area contributed by atoms with Gasteiger partial charge in [0, 0.05) is 6.04 Å². The number of aliphatic hydroxyl groups is 1. The van der Waals surface area contributed by atoms with Gasteiger partial charge in [-0.15, -0.1) is 0 Å². The van der Waals surface area contributed by atoms with E-state index in [1.807, 2.05) is 31.2 Å². The molecule has 0 saturated carbocycles. The Hall–Kier alpha value is -1.39. The van der Waals surface area contributed by atoms with Crippen molar-refractivity contribution in [3.63, 3.8) is 0 Å². The highest BCUT2D eigenvalue weighted by Gasteiger charge is 2.21. The van der Waals surface area contributed by atoms with Gasteiger partial charge >= 0.3 is 0 Å². The SMILES string of the molecule is CCC[C@H](N)C(O)c1nc2ccccc2o1. The fourth-order valence-corrected chi connectivity index (χ4v) is 1.69. The summed E-state index contributed by atoms with van der Waals surface area (Å²) in [5.74, 6) is 0.308. The molecule has 0 aliphatic heterocycles. The van der Waals surface area contributed by atoms with Crippen LogP contribution >= 0.6 is 0 Å². The summed E-state index contributed by atoms with van der Waals surface area (Å²) in [6, 6.07) is 7.10. The minimum Gasteiger partial charge on any atom is -0.438 e. The van der Waals surface area contributed by atoms with Crippen LogP contribution in [0.3, 0.4) is 0 Å². The van der Waals surface area contributed by atoms with Crippen LogP contribution in [-0.2, 0) is 0 Å². The van der Waals surface area contributed by atoms with Crippen LogP contribution in [0.1, 0.15) is 31.8 Å². The van der Waals surface area contributed by atoms with Crippen molar-refractivity contribution in [3.05, 3.63) is 30.2 Å². The number of rotatable bonds is 4. The lowest BCUT2D eigenvalue weighted by molar-refractivity contribution is 0.113. The van der Waals surface area contributed by atoms with Crippen LogP contribution in [0.5, 0.6) is 0 Å². The van der Waals surface area contributed by atoms with Gasteiger partial charge in [0.05, 0.1) is 0 Å². The molecule has 0 radical (unpaired) electrons. The van der Waals surface area contributed by atoms with Crippen LogP contribution in [0.4, 0.5) is 0 Å². The van der Waals surface area contributed by atoms with Crippen molar-refractivity contribution in [1.82, 2.24) is 4.98 Å². The van der Waals surface area contributed by atoms with E-state index in [-0.39, 0.29) is 6.04 Å². The molecular weight excluding hydrogens is 204 g/mol. The van der Waals surface area contributed by atoms with Crippen molar-refractivity contribution in [3.8, 4) is 0 Å². The quantitative estimate of drug-likeness (QED) is 0.826. The molecule has 0 aliphatic carbocycles. The Labute approximate surface area is 94.1 Å². The third kappa shape index (κ3) is 2.08. The van der Waals surface area contributed by atoms with Gasteiger partial charge in [-0.3, -0.25) is 0 Å². The van der Waals surface area contributed by atoms with Gasteiger partial charge in [0.15, 0.2) is 5.58 Å². The highest BCUT2D eigenvalue weighted by atomic mass is 16.4. The van der Waals surface area contributed by atoms with Crippen molar-refractivity contribution >= 4 is 11.1 Å². The number of benzene rings is 1. The first-order valence-corrected chi connectivity index (χ1v) is 5.51. The summed E-state index contributed by atoms with van der Waals surface area (Å²) >= 11 is 0. The van der Waals surface area contributed by atoms with E-state index in [2.05, 4.69) is 4.98 Å². The summed E-state index contributed by atoms with van der Waals surface area (Å²) in [5.41, 5.74) is 7.26. The molecule has 2 aromatic rings. The van der Waals surface area contributed by atoms with E-state index in [0.29, 0.717) is 11.5 Å². The minimum absolute atomic E-state index is 0.308.